The second kappa shape index (κ2) is 4.44. The van der Waals surface area contributed by atoms with Gasteiger partial charge in [-0.3, -0.25) is 0 Å². The van der Waals surface area contributed by atoms with Crippen molar-refractivity contribution in [2.24, 2.45) is 0 Å². The fraction of sp³-hybridized carbons (Fsp3) is 0.692. The fourth-order valence-corrected chi connectivity index (χ4v) is 2.82. The normalized spacial score (nSPS) is 22.7. The second-order valence-corrected chi connectivity index (χ2v) is 5.17. The van der Waals surface area contributed by atoms with Gasteiger partial charge in [-0.05, 0) is 25.7 Å². The quantitative estimate of drug-likeness (QED) is 0.770. The minimum atomic E-state index is -2.50. The summed E-state index contributed by atoms with van der Waals surface area (Å²) >= 11 is 0. The number of aryl methyl sites for hydroxylation is 1. The zero-order valence-corrected chi connectivity index (χ0v) is 10.3. The van der Waals surface area contributed by atoms with Crippen LogP contribution >= 0.6 is 0 Å². The van der Waals surface area contributed by atoms with Gasteiger partial charge in [0.1, 0.15) is 12.1 Å². The van der Waals surface area contributed by atoms with Crippen molar-refractivity contribution in [2.75, 3.05) is 18.0 Å². The van der Waals surface area contributed by atoms with Gasteiger partial charge in [-0.1, -0.05) is 0 Å². The Morgan fingerprint density at radius 1 is 1.06 bits per heavy atom. The van der Waals surface area contributed by atoms with Gasteiger partial charge < -0.3 is 4.90 Å². The smallest absolute Gasteiger partial charge is 0.251 e. The van der Waals surface area contributed by atoms with E-state index in [1.54, 1.807) is 6.33 Å². The van der Waals surface area contributed by atoms with Crippen LogP contribution in [0.1, 0.15) is 36.9 Å². The molecule has 5 heteroatoms. The molecule has 98 valence electrons. The van der Waals surface area contributed by atoms with E-state index in [4.69, 9.17) is 0 Å². The van der Waals surface area contributed by atoms with Crippen molar-refractivity contribution in [1.82, 2.24) is 9.97 Å². The number of hydrogen-bond donors (Lipinski definition) is 0. The summed E-state index contributed by atoms with van der Waals surface area (Å²) in [6, 6.07) is 0. The third-order valence-corrected chi connectivity index (χ3v) is 3.90. The van der Waals surface area contributed by atoms with Crippen molar-refractivity contribution >= 4 is 5.82 Å². The molecule has 3 nitrogen and oxygen atoms in total. The number of rotatable bonds is 1. The molecule has 18 heavy (non-hydrogen) atoms. The molecule has 1 aromatic rings. The SMILES string of the molecule is FC1(F)CCN(c2ncnc3c2CCCC3)CC1. The molecule has 1 aliphatic carbocycles. The number of anilines is 1. The standard InChI is InChI=1S/C13H17F2N3/c14-13(15)5-7-18(8-6-13)12-10-3-1-2-4-11(10)16-9-17-12/h9H,1-8H2. The summed E-state index contributed by atoms with van der Waals surface area (Å²) in [6.07, 6.45) is 5.75. The highest BCUT2D eigenvalue weighted by molar-refractivity contribution is 5.50. The Balaban J connectivity index is 1.85. The molecular weight excluding hydrogens is 236 g/mol. The first-order valence-corrected chi connectivity index (χ1v) is 6.61. The van der Waals surface area contributed by atoms with Crippen molar-refractivity contribution in [3.05, 3.63) is 17.6 Å². The average molecular weight is 253 g/mol. The number of hydrogen-bond acceptors (Lipinski definition) is 3. The summed E-state index contributed by atoms with van der Waals surface area (Å²) in [5, 5.41) is 0. The molecule has 0 unspecified atom stereocenters. The molecule has 0 saturated carbocycles. The Hall–Kier alpha value is -1.26. The van der Waals surface area contributed by atoms with E-state index >= 15 is 0 Å². The first-order chi connectivity index (χ1) is 8.66. The van der Waals surface area contributed by atoms with Gasteiger partial charge in [0.15, 0.2) is 0 Å². The van der Waals surface area contributed by atoms with Gasteiger partial charge >= 0.3 is 0 Å². The lowest BCUT2D eigenvalue weighted by Gasteiger charge is -2.34. The Bertz CT molecular complexity index is 438. The van der Waals surface area contributed by atoms with Gasteiger partial charge in [0.05, 0.1) is 0 Å². The summed E-state index contributed by atoms with van der Waals surface area (Å²) in [4.78, 5) is 10.7. The summed E-state index contributed by atoms with van der Waals surface area (Å²) < 4.78 is 26.3. The molecule has 0 aromatic carbocycles. The zero-order chi connectivity index (χ0) is 12.6. The molecule has 0 bridgehead atoms. The van der Waals surface area contributed by atoms with Crippen molar-refractivity contribution in [3.8, 4) is 0 Å². The van der Waals surface area contributed by atoms with Gasteiger partial charge in [0.25, 0.3) is 5.92 Å². The second-order valence-electron chi connectivity index (χ2n) is 5.17. The maximum atomic E-state index is 13.2. The number of piperidine rings is 1. The van der Waals surface area contributed by atoms with E-state index in [-0.39, 0.29) is 12.8 Å². The Morgan fingerprint density at radius 2 is 1.78 bits per heavy atom. The molecule has 1 saturated heterocycles. The van der Waals surface area contributed by atoms with Crippen molar-refractivity contribution < 1.29 is 8.78 Å². The maximum absolute atomic E-state index is 13.2. The molecule has 0 spiro atoms. The first-order valence-electron chi connectivity index (χ1n) is 6.61. The van der Waals surface area contributed by atoms with Crippen LogP contribution in [0.3, 0.4) is 0 Å². The van der Waals surface area contributed by atoms with Crippen LogP contribution in [-0.2, 0) is 12.8 Å². The van der Waals surface area contributed by atoms with Crippen molar-refractivity contribution in [3.63, 3.8) is 0 Å². The van der Waals surface area contributed by atoms with Gasteiger partial charge in [0.2, 0.25) is 0 Å². The number of nitrogens with zero attached hydrogens (tertiary/aromatic N) is 3. The third-order valence-electron chi connectivity index (χ3n) is 3.90. The predicted molar refractivity (Wildman–Crippen MR) is 65.1 cm³/mol. The Labute approximate surface area is 105 Å². The van der Waals surface area contributed by atoms with Crippen molar-refractivity contribution in [1.29, 1.82) is 0 Å². The van der Waals surface area contributed by atoms with E-state index in [2.05, 4.69) is 9.97 Å². The summed E-state index contributed by atoms with van der Waals surface area (Å²) in [5.74, 6) is -1.60. The van der Waals surface area contributed by atoms with E-state index < -0.39 is 5.92 Å². The van der Waals surface area contributed by atoms with E-state index in [0.717, 1.165) is 30.8 Å². The lowest BCUT2D eigenvalue weighted by atomic mass is 9.95. The van der Waals surface area contributed by atoms with Crippen LogP contribution in [0.2, 0.25) is 0 Å². The molecule has 1 fully saturated rings. The highest BCUT2D eigenvalue weighted by atomic mass is 19.3. The molecular formula is C13H17F2N3. The van der Waals surface area contributed by atoms with E-state index in [1.165, 1.54) is 12.0 Å². The lowest BCUT2D eigenvalue weighted by molar-refractivity contribution is -0.0221. The van der Waals surface area contributed by atoms with Crippen molar-refractivity contribution in [2.45, 2.75) is 44.4 Å². The van der Waals surface area contributed by atoms with E-state index in [0.29, 0.717) is 13.1 Å². The largest absolute Gasteiger partial charge is 0.356 e. The Kier molecular flexibility index (Phi) is 2.92. The van der Waals surface area contributed by atoms with Gasteiger partial charge in [0, 0.05) is 37.2 Å². The monoisotopic (exact) mass is 253 g/mol. The molecule has 0 amide bonds. The van der Waals surface area contributed by atoms with Gasteiger partial charge in [-0.15, -0.1) is 0 Å². The van der Waals surface area contributed by atoms with Crippen LogP contribution in [0.15, 0.2) is 6.33 Å². The number of aromatic nitrogens is 2. The highest BCUT2D eigenvalue weighted by Gasteiger charge is 2.35. The summed E-state index contributed by atoms with van der Waals surface area (Å²) in [6.45, 7) is 0.799. The number of halogens is 2. The molecule has 2 aliphatic rings. The lowest BCUT2D eigenvalue weighted by Crippen LogP contribution is -2.40. The molecule has 0 N–H and O–H groups in total. The summed E-state index contributed by atoms with van der Waals surface area (Å²) in [7, 11) is 0. The minimum Gasteiger partial charge on any atom is -0.356 e. The van der Waals surface area contributed by atoms with E-state index in [1.807, 2.05) is 4.90 Å². The van der Waals surface area contributed by atoms with Crippen LogP contribution in [0.4, 0.5) is 14.6 Å². The summed E-state index contributed by atoms with van der Waals surface area (Å²) in [5.41, 5.74) is 2.30. The maximum Gasteiger partial charge on any atom is 0.251 e. The van der Waals surface area contributed by atoms with Crippen LogP contribution in [0, 0.1) is 0 Å². The molecule has 1 aromatic heterocycles. The Morgan fingerprint density at radius 3 is 2.56 bits per heavy atom. The van der Waals surface area contributed by atoms with E-state index in [9.17, 15) is 8.78 Å². The molecule has 0 atom stereocenters. The minimum absolute atomic E-state index is 0.0637. The van der Waals surface area contributed by atoms with Gasteiger partial charge in [-0.25, -0.2) is 18.7 Å². The molecule has 2 heterocycles. The topological polar surface area (TPSA) is 29.0 Å². The molecule has 3 rings (SSSR count). The average Bonchev–Trinajstić information content (AvgIpc) is 2.38. The van der Waals surface area contributed by atoms with Gasteiger partial charge in [-0.2, -0.15) is 0 Å². The molecule has 0 radical (unpaired) electrons. The van der Waals surface area contributed by atoms with Crippen LogP contribution in [-0.4, -0.2) is 29.0 Å². The van der Waals surface area contributed by atoms with Crippen LogP contribution in [0.25, 0.3) is 0 Å². The number of fused-ring (bicyclic) bond motifs is 1. The van der Waals surface area contributed by atoms with Crippen LogP contribution < -0.4 is 4.90 Å². The third kappa shape index (κ3) is 2.18. The number of alkyl halides is 2. The highest BCUT2D eigenvalue weighted by Crippen LogP contribution is 2.33. The van der Waals surface area contributed by atoms with Crippen LogP contribution in [0.5, 0.6) is 0 Å². The zero-order valence-electron chi connectivity index (χ0n) is 10.3. The molecule has 1 aliphatic heterocycles. The predicted octanol–water partition coefficient (Wildman–Crippen LogP) is 2.59. The first kappa shape index (κ1) is 11.8. The fourth-order valence-electron chi connectivity index (χ4n) is 2.82.